The van der Waals surface area contributed by atoms with Crippen LogP contribution in [0.1, 0.15) is 0 Å². The van der Waals surface area contributed by atoms with Crippen molar-refractivity contribution in [3.05, 3.63) is 63.7 Å². The molecule has 0 unspecified atom stereocenters. The molecule has 0 aromatic heterocycles. The van der Waals surface area contributed by atoms with Gasteiger partial charge >= 0.3 is 17.1 Å². The van der Waals surface area contributed by atoms with Crippen molar-refractivity contribution in [1.82, 2.24) is 4.90 Å². The molecule has 10 radical (unpaired) electrons. The van der Waals surface area contributed by atoms with Gasteiger partial charge in [-0.1, -0.05) is 0 Å². The van der Waals surface area contributed by atoms with E-state index >= 15 is 0 Å². The summed E-state index contributed by atoms with van der Waals surface area (Å²) in [5.74, 6) is 1.39. The minimum Gasteiger partial charge on any atom is -0.309 e. The summed E-state index contributed by atoms with van der Waals surface area (Å²) in [7, 11) is 4.15. The maximum absolute atomic E-state index is 2.16. The standard InChI is InChI=1S/C8H12N.C5H5.Fe/c1-9(2)7-8-5-3-4-6-8;1-2-4-5-3-1;/h3-6H,7H2,1-2H3;1-5H;/q;;+2. The molecule has 80 valence electrons. The smallest absolute Gasteiger partial charge is 0.309 e. The Hall–Kier alpha value is 0.479. The van der Waals surface area contributed by atoms with Crippen molar-refractivity contribution in [2.24, 2.45) is 0 Å². The second-order valence-corrected chi connectivity index (χ2v) is 3.49. The molecule has 0 heterocycles. The number of hydrogen-bond acceptors (Lipinski definition) is 1. The van der Waals surface area contributed by atoms with Crippen LogP contribution in [0.2, 0.25) is 0 Å². The zero-order valence-electron chi connectivity index (χ0n) is 9.20. The molecule has 1 nitrogen and oxygen atoms in total. The van der Waals surface area contributed by atoms with E-state index in [1.165, 1.54) is 5.92 Å². The summed E-state index contributed by atoms with van der Waals surface area (Å²) in [6.07, 6.45) is 18.4. The van der Waals surface area contributed by atoms with E-state index in [-0.39, 0.29) is 17.1 Å². The summed E-state index contributed by atoms with van der Waals surface area (Å²) in [5, 5.41) is 0. The van der Waals surface area contributed by atoms with Gasteiger partial charge in [0.15, 0.2) is 0 Å². The van der Waals surface area contributed by atoms with Gasteiger partial charge in [0.2, 0.25) is 0 Å². The van der Waals surface area contributed by atoms with Crippen LogP contribution in [0.5, 0.6) is 0 Å². The number of hydrogen-bond donors (Lipinski definition) is 0. The molecule has 0 aromatic rings. The molecule has 0 aliphatic heterocycles. The van der Waals surface area contributed by atoms with Crippen molar-refractivity contribution in [3.8, 4) is 0 Å². The monoisotopic (exact) mass is 243 g/mol. The Balaban J connectivity index is 0.000000280. The van der Waals surface area contributed by atoms with Crippen molar-refractivity contribution in [1.29, 1.82) is 0 Å². The quantitative estimate of drug-likeness (QED) is 0.670. The molecular weight excluding hydrogens is 226 g/mol. The van der Waals surface area contributed by atoms with Crippen LogP contribution in [0.25, 0.3) is 0 Å². The van der Waals surface area contributed by atoms with Crippen molar-refractivity contribution in [2.45, 2.75) is 0 Å². The van der Waals surface area contributed by atoms with E-state index in [1.54, 1.807) is 0 Å². The van der Waals surface area contributed by atoms with Gasteiger partial charge in [-0.25, -0.2) is 0 Å². The molecule has 0 atom stereocenters. The predicted molar refractivity (Wildman–Crippen MR) is 60.5 cm³/mol. The van der Waals surface area contributed by atoms with E-state index < -0.39 is 0 Å². The topological polar surface area (TPSA) is 3.24 Å². The Bertz CT molecular complexity index is 119. The number of nitrogens with zero attached hydrogens (tertiary/aromatic N) is 1. The molecule has 2 fully saturated rings. The fraction of sp³-hybridized carbons (Fsp3) is 0.231. The van der Waals surface area contributed by atoms with E-state index in [1.807, 2.05) is 32.1 Å². The predicted octanol–water partition coefficient (Wildman–Crippen LogP) is 1.97. The van der Waals surface area contributed by atoms with Crippen LogP contribution in [0.15, 0.2) is 0 Å². The Kier molecular flexibility index (Phi) is 10.00. The van der Waals surface area contributed by atoms with Crippen LogP contribution in [-0.4, -0.2) is 25.5 Å². The van der Waals surface area contributed by atoms with Crippen LogP contribution in [-0.2, 0) is 17.1 Å². The van der Waals surface area contributed by atoms with E-state index in [0.29, 0.717) is 0 Å². The molecule has 2 heteroatoms. The van der Waals surface area contributed by atoms with Gasteiger partial charge in [-0.15, -0.1) is 0 Å². The largest absolute Gasteiger partial charge is 2.00 e. The number of rotatable bonds is 2. The molecule has 0 saturated heterocycles. The first kappa shape index (κ1) is 15.5. The molecule has 0 bridgehead atoms. The van der Waals surface area contributed by atoms with Crippen molar-refractivity contribution < 1.29 is 17.1 Å². The van der Waals surface area contributed by atoms with Gasteiger partial charge in [0.1, 0.15) is 0 Å². The first-order chi connectivity index (χ1) is 6.79. The Labute approximate surface area is 106 Å². The van der Waals surface area contributed by atoms with Crippen molar-refractivity contribution in [3.63, 3.8) is 0 Å². The summed E-state index contributed by atoms with van der Waals surface area (Å²) in [6.45, 7) is 1.05. The molecule has 2 rings (SSSR count). The van der Waals surface area contributed by atoms with Crippen LogP contribution in [0.4, 0.5) is 0 Å². The van der Waals surface area contributed by atoms with Gasteiger partial charge in [0, 0.05) is 6.54 Å². The third-order valence-electron chi connectivity index (χ3n) is 1.79. The minimum atomic E-state index is 0. The van der Waals surface area contributed by atoms with Gasteiger partial charge in [-0.3, -0.25) is 0 Å². The first-order valence-corrected chi connectivity index (χ1v) is 4.81. The normalized spacial score (nSPS) is 21.0. The van der Waals surface area contributed by atoms with E-state index in [0.717, 1.165) is 6.54 Å². The summed E-state index contributed by atoms with van der Waals surface area (Å²) in [5.41, 5.74) is 0. The van der Waals surface area contributed by atoms with Crippen molar-refractivity contribution >= 4 is 0 Å². The van der Waals surface area contributed by atoms with Gasteiger partial charge in [0.05, 0.1) is 0 Å². The van der Waals surface area contributed by atoms with E-state index in [2.05, 4.69) is 44.7 Å². The third-order valence-corrected chi connectivity index (χ3v) is 1.79. The zero-order chi connectivity index (χ0) is 10.2. The zero-order valence-corrected chi connectivity index (χ0v) is 10.3. The summed E-state index contributed by atoms with van der Waals surface area (Å²) in [4.78, 5) is 2.16. The molecule has 2 saturated carbocycles. The molecule has 2 aliphatic rings. The maximum Gasteiger partial charge on any atom is 2.00 e. The van der Waals surface area contributed by atoms with Gasteiger partial charge in [-0.05, 0) is 77.8 Å². The maximum atomic E-state index is 2.16. The Morgan fingerprint density at radius 2 is 1.20 bits per heavy atom. The van der Waals surface area contributed by atoms with Crippen LogP contribution >= 0.6 is 0 Å². The SMILES string of the molecule is CN(C)C[C]1[CH][CH][CH][CH]1.[CH]1[CH][CH][CH][CH]1.[Fe+2]. The summed E-state index contributed by atoms with van der Waals surface area (Å²) in [6, 6.07) is 0. The third kappa shape index (κ3) is 8.30. The van der Waals surface area contributed by atoms with Gasteiger partial charge < -0.3 is 4.90 Å². The summed E-state index contributed by atoms with van der Waals surface area (Å²) >= 11 is 0. The van der Waals surface area contributed by atoms with Crippen LogP contribution in [0, 0.1) is 63.7 Å². The molecule has 15 heavy (non-hydrogen) atoms. The van der Waals surface area contributed by atoms with Gasteiger partial charge in [-0.2, -0.15) is 0 Å². The first-order valence-electron chi connectivity index (χ1n) is 4.81. The van der Waals surface area contributed by atoms with Crippen molar-refractivity contribution in [2.75, 3.05) is 20.6 Å². The molecule has 0 aromatic carbocycles. The van der Waals surface area contributed by atoms with E-state index in [9.17, 15) is 0 Å². The second-order valence-electron chi connectivity index (χ2n) is 3.49. The molecule has 2 aliphatic carbocycles. The second kappa shape index (κ2) is 9.69. The van der Waals surface area contributed by atoms with Crippen LogP contribution in [0.3, 0.4) is 0 Å². The molecule has 0 spiro atoms. The van der Waals surface area contributed by atoms with Crippen LogP contribution < -0.4 is 0 Å². The summed E-state index contributed by atoms with van der Waals surface area (Å²) < 4.78 is 0. The fourth-order valence-electron chi connectivity index (χ4n) is 1.21. The van der Waals surface area contributed by atoms with E-state index in [4.69, 9.17) is 0 Å². The Morgan fingerprint density at radius 3 is 1.53 bits per heavy atom. The molecule has 0 amide bonds. The fourth-order valence-corrected chi connectivity index (χ4v) is 1.21. The Morgan fingerprint density at radius 1 is 0.800 bits per heavy atom. The average molecular weight is 243 g/mol. The van der Waals surface area contributed by atoms with Gasteiger partial charge in [0.25, 0.3) is 0 Å². The minimum absolute atomic E-state index is 0. The molecule has 0 N–H and O–H groups in total. The molecular formula is C13H17FeN+2. The average Bonchev–Trinajstić information content (AvgIpc) is 2.75.